The summed E-state index contributed by atoms with van der Waals surface area (Å²) in [7, 11) is 0. The molecule has 0 bridgehead atoms. The van der Waals surface area contributed by atoms with Crippen LogP contribution >= 0.6 is 0 Å². The molecule has 1 atom stereocenters. The van der Waals surface area contributed by atoms with Crippen LogP contribution in [-0.2, 0) is 11.2 Å². The van der Waals surface area contributed by atoms with E-state index in [4.69, 9.17) is 4.42 Å². The van der Waals surface area contributed by atoms with E-state index >= 15 is 0 Å². The maximum absolute atomic E-state index is 13.4. The molecule has 0 saturated carbocycles. The number of carbonyl (C=O) groups excluding carboxylic acids is 1. The van der Waals surface area contributed by atoms with Crippen LogP contribution in [-0.4, -0.2) is 5.91 Å². The number of furan rings is 1. The molecule has 0 radical (unpaired) electrons. The van der Waals surface area contributed by atoms with Gasteiger partial charge in [-0.3, -0.25) is 4.79 Å². The zero-order valence-electron chi connectivity index (χ0n) is 14.6. The van der Waals surface area contributed by atoms with Crippen molar-refractivity contribution in [2.24, 2.45) is 0 Å². The van der Waals surface area contributed by atoms with E-state index in [1.165, 1.54) is 12.1 Å². The molecule has 27 heavy (non-hydrogen) atoms. The highest BCUT2D eigenvalue weighted by Gasteiger charge is 2.21. The van der Waals surface area contributed by atoms with E-state index < -0.39 is 6.04 Å². The Morgan fingerprint density at radius 1 is 0.926 bits per heavy atom. The summed E-state index contributed by atoms with van der Waals surface area (Å²) in [6.07, 6.45) is 0.0985. The van der Waals surface area contributed by atoms with Gasteiger partial charge in [-0.05, 0) is 35.4 Å². The van der Waals surface area contributed by atoms with E-state index in [2.05, 4.69) is 5.32 Å². The number of amides is 1. The van der Waals surface area contributed by atoms with Gasteiger partial charge in [-0.25, -0.2) is 4.39 Å². The summed E-state index contributed by atoms with van der Waals surface area (Å²) < 4.78 is 19.4. The Labute approximate surface area is 156 Å². The van der Waals surface area contributed by atoms with Crippen LogP contribution in [0.15, 0.2) is 89.3 Å². The van der Waals surface area contributed by atoms with Crippen molar-refractivity contribution in [3.8, 4) is 0 Å². The Balaban J connectivity index is 1.63. The molecule has 1 heterocycles. The zero-order valence-corrected chi connectivity index (χ0v) is 14.6. The van der Waals surface area contributed by atoms with E-state index in [1.807, 2.05) is 60.7 Å². The molecule has 3 aromatic carbocycles. The van der Waals surface area contributed by atoms with Gasteiger partial charge in [-0.1, -0.05) is 60.7 Å². The van der Waals surface area contributed by atoms with Crippen LogP contribution in [0.2, 0.25) is 0 Å². The van der Waals surface area contributed by atoms with E-state index in [-0.39, 0.29) is 18.1 Å². The lowest BCUT2D eigenvalue weighted by Gasteiger charge is -2.17. The maximum Gasteiger partial charge on any atom is 0.225 e. The van der Waals surface area contributed by atoms with E-state index in [0.29, 0.717) is 11.3 Å². The summed E-state index contributed by atoms with van der Waals surface area (Å²) >= 11 is 0. The van der Waals surface area contributed by atoms with Gasteiger partial charge in [0.05, 0.1) is 6.42 Å². The van der Waals surface area contributed by atoms with E-state index in [0.717, 1.165) is 16.5 Å². The standard InChI is InChI=1S/C23H18FNO2/c24-19-11-6-7-16(13-19)14-22(26)25-23(17-8-2-1-3-9-17)21-15-18-10-4-5-12-20(18)27-21/h1-13,15,23H,14H2,(H,25,26)/t23-/m1/s1. The number of carbonyl (C=O) groups is 1. The van der Waals surface area contributed by atoms with Crippen LogP contribution in [0, 0.1) is 5.82 Å². The highest BCUT2D eigenvalue weighted by molar-refractivity contribution is 5.81. The van der Waals surface area contributed by atoms with Gasteiger partial charge in [0, 0.05) is 5.39 Å². The van der Waals surface area contributed by atoms with Crippen LogP contribution in [0.5, 0.6) is 0 Å². The molecule has 0 aliphatic rings. The SMILES string of the molecule is O=C(Cc1cccc(F)c1)N[C@H](c1ccccc1)c1cc2ccccc2o1. The minimum atomic E-state index is -0.417. The fraction of sp³-hybridized carbons (Fsp3) is 0.0870. The Hall–Kier alpha value is -3.40. The average Bonchev–Trinajstić information content (AvgIpc) is 3.10. The largest absolute Gasteiger partial charge is 0.459 e. The summed E-state index contributed by atoms with van der Waals surface area (Å²) in [5.74, 6) is 0.113. The molecule has 1 N–H and O–H groups in total. The second-order valence-corrected chi connectivity index (χ2v) is 6.40. The molecule has 134 valence electrons. The van der Waals surface area contributed by atoms with Gasteiger partial charge in [0.1, 0.15) is 23.2 Å². The topological polar surface area (TPSA) is 42.2 Å². The molecule has 0 saturated heterocycles. The molecule has 0 spiro atoms. The first kappa shape index (κ1) is 17.0. The average molecular weight is 359 g/mol. The number of hydrogen-bond acceptors (Lipinski definition) is 2. The number of para-hydroxylation sites is 1. The smallest absolute Gasteiger partial charge is 0.225 e. The van der Waals surface area contributed by atoms with Crippen molar-refractivity contribution in [2.45, 2.75) is 12.5 Å². The number of benzene rings is 3. The molecule has 0 aliphatic carbocycles. The fourth-order valence-electron chi connectivity index (χ4n) is 3.15. The number of halogens is 1. The number of rotatable bonds is 5. The summed E-state index contributed by atoms with van der Waals surface area (Å²) in [5.41, 5.74) is 2.32. The second-order valence-electron chi connectivity index (χ2n) is 6.40. The molecule has 4 rings (SSSR count). The highest BCUT2D eigenvalue weighted by atomic mass is 19.1. The van der Waals surface area contributed by atoms with Crippen LogP contribution < -0.4 is 5.32 Å². The zero-order chi connectivity index (χ0) is 18.6. The van der Waals surface area contributed by atoms with Crippen LogP contribution in [0.3, 0.4) is 0 Å². The molecule has 1 aromatic heterocycles. The lowest BCUT2D eigenvalue weighted by Crippen LogP contribution is -2.30. The molecular weight excluding hydrogens is 341 g/mol. The summed E-state index contributed by atoms with van der Waals surface area (Å²) in [4.78, 5) is 12.6. The first-order chi connectivity index (χ1) is 13.2. The van der Waals surface area contributed by atoms with Gasteiger partial charge in [0.25, 0.3) is 0 Å². The van der Waals surface area contributed by atoms with Crippen molar-refractivity contribution >= 4 is 16.9 Å². The Kier molecular flexibility index (Phi) is 4.71. The first-order valence-corrected chi connectivity index (χ1v) is 8.76. The van der Waals surface area contributed by atoms with Crippen molar-refractivity contribution in [1.29, 1.82) is 0 Å². The van der Waals surface area contributed by atoms with Gasteiger partial charge in [0.2, 0.25) is 5.91 Å². The molecule has 0 fully saturated rings. The Morgan fingerprint density at radius 3 is 2.48 bits per heavy atom. The molecule has 1 amide bonds. The van der Waals surface area contributed by atoms with Gasteiger partial charge >= 0.3 is 0 Å². The summed E-state index contributed by atoms with van der Waals surface area (Å²) in [5, 5.41) is 4.00. The monoisotopic (exact) mass is 359 g/mol. The third-order valence-corrected chi connectivity index (χ3v) is 4.42. The van der Waals surface area contributed by atoms with Crippen molar-refractivity contribution in [3.63, 3.8) is 0 Å². The second kappa shape index (κ2) is 7.46. The van der Waals surface area contributed by atoms with Crippen molar-refractivity contribution < 1.29 is 13.6 Å². The van der Waals surface area contributed by atoms with Gasteiger partial charge in [-0.2, -0.15) is 0 Å². The van der Waals surface area contributed by atoms with Crippen LogP contribution in [0.1, 0.15) is 22.9 Å². The van der Waals surface area contributed by atoms with Crippen molar-refractivity contribution in [2.75, 3.05) is 0 Å². The van der Waals surface area contributed by atoms with Crippen LogP contribution in [0.4, 0.5) is 4.39 Å². The normalized spacial score (nSPS) is 12.0. The lowest BCUT2D eigenvalue weighted by atomic mass is 10.0. The molecule has 4 aromatic rings. The maximum atomic E-state index is 13.4. The predicted molar refractivity (Wildman–Crippen MR) is 103 cm³/mol. The van der Waals surface area contributed by atoms with Gasteiger partial charge in [0.15, 0.2) is 0 Å². The summed E-state index contributed by atoms with van der Waals surface area (Å²) in [6, 6.07) is 25.0. The number of hydrogen-bond donors (Lipinski definition) is 1. The Bertz CT molecular complexity index is 1040. The number of nitrogens with one attached hydrogen (secondary N) is 1. The quantitative estimate of drug-likeness (QED) is 0.544. The third-order valence-electron chi connectivity index (χ3n) is 4.42. The molecule has 4 heteroatoms. The molecule has 0 unspecified atom stereocenters. The minimum absolute atomic E-state index is 0.0985. The van der Waals surface area contributed by atoms with E-state index in [9.17, 15) is 9.18 Å². The molecular formula is C23H18FNO2. The number of fused-ring (bicyclic) bond motifs is 1. The third kappa shape index (κ3) is 3.90. The van der Waals surface area contributed by atoms with E-state index in [1.54, 1.807) is 12.1 Å². The molecule has 3 nitrogen and oxygen atoms in total. The summed E-state index contributed by atoms with van der Waals surface area (Å²) in [6.45, 7) is 0. The first-order valence-electron chi connectivity index (χ1n) is 8.76. The predicted octanol–water partition coefficient (Wildman–Crippen LogP) is 5.02. The fourth-order valence-corrected chi connectivity index (χ4v) is 3.15. The molecule has 0 aliphatic heterocycles. The minimum Gasteiger partial charge on any atom is -0.459 e. The highest BCUT2D eigenvalue weighted by Crippen LogP contribution is 2.28. The Morgan fingerprint density at radius 2 is 1.70 bits per heavy atom. The van der Waals surface area contributed by atoms with Crippen molar-refractivity contribution in [3.05, 3.63) is 108 Å². The lowest BCUT2D eigenvalue weighted by molar-refractivity contribution is -0.121. The van der Waals surface area contributed by atoms with Crippen molar-refractivity contribution in [1.82, 2.24) is 5.32 Å². The van der Waals surface area contributed by atoms with Crippen LogP contribution in [0.25, 0.3) is 11.0 Å². The van der Waals surface area contributed by atoms with Gasteiger partial charge < -0.3 is 9.73 Å². The van der Waals surface area contributed by atoms with Gasteiger partial charge in [-0.15, -0.1) is 0 Å².